The lowest BCUT2D eigenvalue weighted by Gasteiger charge is -2.27. The molecule has 2 N–H and O–H groups in total. The molecule has 1 atom stereocenters. The van der Waals surface area contributed by atoms with Gasteiger partial charge in [0.2, 0.25) is 0 Å². The molecule has 0 radical (unpaired) electrons. The van der Waals surface area contributed by atoms with Gasteiger partial charge in [-0.25, -0.2) is 0 Å². The fourth-order valence-corrected chi connectivity index (χ4v) is 4.00. The summed E-state index contributed by atoms with van der Waals surface area (Å²) in [6.45, 7) is 7.35. The lowest BCUT2D eigenvalue weighted by Crippen LogP contribution is -2.35. The van der Waals surface area contributed by atoms with Crippen molar-refractivity contribution in [3.63, 3.8) is 0 Å². The number of methoxy groups -OCH3 is 1. The number of phenolic OH excluding ortho intramolecular Hbond substituents is 1. The van der Waals surface area contributed by atoms with Crippen LogP contribution in [-0.2, 0) is 9.59 Å². The molecule has 0 aromatic heterocycles. The predicted octanol–water partition coefficient (Wildman–Crippen LogP) is 3.73. The van der Waals surface area contributed by atoms with Crippen LogP contribution in [0, 0.1) is 12.8 Å². The molecule has 1 unspecified atom stereocenters. The summed E-state index contributed by atoms with van der Waals surface area (Å²) >= 11 is 0. The highest BCUT2D eigenvalue weighted by Crippen LogP contribution is 2.42. The van der Waals surface area contributed by atoms with E-state index in [9.17, 15) is 19.8 Å². The number of nitrogens with zero attached hydrogens (tertiary/aromatic N) is 2. The van der Waals surface area contributed by atoms with E-state index in [4.69, 9.17) is 9.47 Å². The molecule has 1 fully saturated rings. The fourth-order valence-electron chi connectivity index (χ4n) is 4.00. The Morgan fingerprint density at radius 1 is 1.11 bits per heavy atom. The van der Waals surface area contributed by atoms with E-state index in [1.807, 2.05) is 25.9 Å². The molecular weight excluding hydrogens is 448 g/mol. The van der Waals surface area contributed by atoms with Gasteiger partial charge in [0, 0.05) is 18.7 Å². The number of aromatic hydroxyl groups is 1. The number of hydrogen-bond donors (Lipinski definition) is 2. The normalized spacial score (nSPS) is 17.5. The molecule has 3 rings (SSSR count). The Hall–Kier alpha value is -3.52. The molecule has 1 aliphatic rings. The van der Waals surface area contributed by atoms with Crippen LogP contribution in [-0.4, -0.2) is 72.6 Å². The van der Waals surface area contributed by atoms with Gasteiger partial charge in [0.1, 0.15) is 11.5 Å². The Kier molecular flexibility index (Phi) is 8.07. The summed E-state index contributed by atoms with van der Waals surface area (Å²) in [7, 11) is 5.18. The maximum Gasteiger partial charge on any atom is 0.295 e. The molecule has 188 valence electrons. The molecule has 0 aliphatic carbocycles. The van der Waals surface area contributed by atoms with Crippen molar-refractivity contribution in [2.75, 3.05) is 40.9 Å². The smallest absolute Gasteiger partial charge is 0.295 e. The zero-order valence-electron chi connectivity index (χ0n) is 21.2. The number of rotatable bonds is 9. The third kappa shape index (κ3) is 5.59. The van der Waals surface area contributed by atoms with Crippen molar-refractivity contribution in [3.05, 3.63) is 58.7 Å². The number of aryl methyl sites for hydroxylation is 1. The van der Waals surface area contributed by atoms with Crippen LogP contribution in [0.5, 0.6) is 17.2 Å². The number of Topliss-reactive ketones (excluding diaryl/α,β-unsaturated/α-hetero) is 1. The highest BCUT2D eigenvalue weighted by Gasteiger charge is 2.46. The van der Waals surface area contributed by atoms with Gasteiger partial charge >= 0.3 is 0 Å². The summed E-state index contributed by atoms with van der Waals surface area (Å²) in [5, 5.41) is 21.4. The minimum atomic E-state index is -0.832. The molecule has 8 heteroatoms. The highest BCUT2D eigenvalue weighted by atomic mass is 16.5. The number of phenols is 1. The third-order valence-corrected chi connectivity index (χ3v) is 5.87. The molecule has 0 saturated carbocycles. The van der Waals surface area contributed by atoms with Crippen molar-refractivity contribution in [2.24, 2.45) is 5.92 Å². The molecule has 0 spiro atoms. The van der Waals surface area contributed by atoms with Gasteiger partial charge in [-0.3, -0.25) is 9.59 Å². The van der Waals surface area contributed by atoms with Gasteiger partial charge < -0.3 is 29.5 Å². The Bertz CT molecular complexity index is 1140. The second kappa shape index (κ2) is 10.8. The van der Waals surface area contributed by atoms with Crippen LogP contribution in [0.2, 0.25) is 0 Å². The first-order valence-electron chi connectivity index (χ1n) is 11.6. The molecule has 1 saturated heterocycles. The van der Waals surface area contributed by atoms with Crippen LogP contribution in [0.1, 0.15) is 36.6 Å². The molecule has 2 aromatic rings. The van der Waals surface area contributed by atoms with E-state index in [2.05, 4.69) is 13.8 Å². The summed E-state index contributed by atoms with van der Waals surface area (Å²) in [5.41, 5.74) is 1.77. The molecule has 35 heavy (non-hydrogen) atoms. The summed E-state index contributed by atoms with van der Waals surface area (Å²) in [6.07, 6.45) is 0. The Morgan fingerprint density at radius 3 is 2.43 bits per heavy atom. The van der Waals surface area contributed by atoms with Gasteiger partial charge in [-0.2, -0.15) is 0 Å². The Labute approximate surface area is 206 Å². The topological polar surface area (TPSA) is 99.5 Å². The standard InChI is InChI=1S/C27H34N2O6/c1-16(2)15-35-21-10-8-19(13-17(21)3)25(31)23-24(18-7-9-20(30)22(14-18)34-6)29(12-11-28(4)5)27(33)26(23)32/h7-10,13-14,16,24,30-31H,11-12,15H2,1-6H3/b25-23-. The number of carbonyl (C=O) groups excluding carboxylic acids is 2. The first-order chi connectivity index (χ1) is 16.5. The van der Waals surface area contributed by atoms with Crippen LogP contribution in [0.4, 0.5) is 0 Å². The van der Waals surface area contributed by atoms with Crippen LogP contribution in [0.3, 0.4) is 0 Å². The fraction of sp³-hybridized carbons (Fsp3) is 0.407. The third-order valence-electron chi connectivity index (χ3n) is 5.87. The molecular formula is C27H34N2O6. The maximum absolute atomic E-state index is 13.2. The number of amides is 1. The van der Waals surface area contributed by atoms with Gasteiger partial charge in [-0.1, -0.05) is 19.9 Å². The first-order valence-corrected chi connectivity index (χ1v) is 11.6. The number of ketones is 1. The molecule has 1 heterocycles. The van der Waals surface area contributed by atoms with Crippen molar-refractivity contribution in [1.29, 1.82) is 0 Å². The SMILES string of the molecule is COc1cc(C2/C(=C(/O)c3ccc(OCC(C)C)c(C)c3)C(=O)C(=O)N2CCN(C)C)ccc1O. The minimum Gasteiger partial charge on any atom is -0.507 e. The van der Waals surface area contributed by atoms with Crippen molar-refractivity contribution >= 4 is 17.4 Å². The van der Waals surface area contributed by atoms with Crippen LogP contribution >= 0.6 is 0 Å². The number of carbonyl (C=O) groups is 2. The molecule has 0 bridgehead atoms. The Balaban J connectivity index is 2.11. The zero-order chi connectivity index (χ0) is 25.9. The molecule has 1 aliphatic heterocycles. The van der Waals surface area contributed by atoms with Crippen molar-refractivity contribution in [2.45, 2.75) is 26.8 Å². The van der Waals surface area contributed by atoms with Crippen LogP contribution < -0.4 is 9.47 Å². The van der Waals surface area contributed by atoms with Gasteiger partial charge in [0.25, 0.3) is 11.7 Å². The van der Waals surface area contributed by atoms with E-state index < -0.39 is 17.7 Å². The van der Waals surface area contributed by atoms with E-state index >= 15 is 0 Å². The van der Waals surface area contributed by atoms with Crippen molar-refractivity contribution < 1.29 is 29.3 Å². The maximum atomic E-state index is 13.2. The summed E-state index contributed by atoms with van der Waals surface area (Å²) in [5.74, 6) is -0.483. The monoisotopic (exact) mass is 482 g/mol. The summed E-state index contributed by atoms with van der Waals surface area (Å²) in [4.78, 5) is 29.6. The Morgan fingerprint density at radius 2 is 1.83 bits per heavy atom. The highest BCUT2D eigenvalue weighted by molar-refractivity contribution is 6.46. The largest absolute Gasteiger partial charge is 0.507 e. The van der Waals surface area contributed by atoms with E-state index in [1.165, 1.54) is 18.1 Å². The van der Waals surface area contributed by atoms with Gasteiger partial charge in [-0.05, 0) is 68.4 Å². The lowest BCUT2D eigenvalue weighted by atomic mass is 9.94. The predicted molar refractivity (Wildman–Crippen MR) is 134 cm³/mol. The number of likely N-dealkylation sites (tertiary alicyclic amines) is 1. The number of benzene rings is 2. The molecule has 1 amide bonds. The van der Waals surface area contributed by atoms with Crippen molar-refractivity contribution in [3.8, 4) is 17.2 Å². The van der Waals surface area contributed by atoms with Gasteiger partial charge in [0.15, 0.2) is 11.5 Å². The van der Waals surface area contributed by atoms with E-state index in [0.717, 1.165) is 5.56 Å². The zero-order valence-corrected chi connectivity index (χ0v) is 21.2. The van der Waals surface area contributed by atoms with Crippen LogP contribution in [0.15, 0.2) is 42.0 Å². The van der Waals surface area contributed by atoms with Gasteiger partial charge in [0.05, 0.1) is 25.3 Å². The number of aliphatic hydroxyl groups excluding tert-OH is 1. The van der Waals surface area contributed by atoms with Gasteiger partial charge in [-0.15, -0.1) is 0 Å². The van der Waals surface area contributed by atoms with E-state index in [1.54, 1.807) is 30.3 Å². The first kappa shape index (κ1) is 26.1. The average Bonchev–Trinajstić information content (AvgIpc) is 3.06. The molecule has 2 aromatic carbocycles. The lowest BCUT2D eigenvalue weighted by molar-refractivity contribution is -0.140. The van der Waals surface area contributed by atoms with Crippen LogP contribution in [0.25, 0.3) is 5.76 Å². The second-order valence-electron chi connectivity index (χ2n) is 9.41. The van der Waals surface area contributed by atoms with E-state index in [-0.39, 0.29) is 29.4 Å². The average molecular weight is 483 g/mol. The minimum absolute atomic E-state index is 0.00301. The summed E-state index contributed by atoms with van der Waals surface area (Å²) < 4.78 is 11.1. The number of aliphatic hydroxyl groups is 1. The number of ether oxygens (including phenoxy) is 2. The number of likely N-dealkylation sites (N-methyl/N-ethyl adjacent to an activating group) is 1. The quantitative estimate of drug-likeness (QED) is 0.319. The van der Waals surface area contributed by atoms with Crippen molar-refractivity contribution in [1.82, 2.24) is 9.80 Å². The summed E-state index contributed by atoms with van der Waals surface area (Å²) in [6, 6.07) is 9.00. The second-order valence-corrected chi connectivity index (χ2v) is 9.41. The van der Waals surface area contributed by atoms with E-state index in [0.29, 0.717) is 35.9 Å². The number of hydrogen-bond acceptors (Lipinski definition) is 7. The molecule has 8 nitrogen and oxygen atoms in total.